The summed E-state index contributed by atoms with van der Waals surface area (Å²) in [6.07, 6.45) is 5.03. The van der Waals surface area contributed by atoms with E-state index < -0.39 is 0 Å². The molecule has 0 unspecified atom stereocenters. The fraction of sp³-hybridized carbons (Fsp3) is 0.0526. The molecule has 3 aromatic rings. The maximum absolute atomic E-state index is 12.4. The number of amides is 1. The fourth-order valence-corrected chi connectivity index (χ4v) is 2.25. The molecule has 0 aliphatic carbocycles. The number of nitrogens with zero attached hydrogens (tertiary/aromatic N) is 3. The number of carbonyl (C=O) groups excluding carboxylic acids is 1. The van der Waals surface area contributed by atoms with Gasteiger partial charge in [0.05, 0.1) is 11.3 Å². The van der Waals surface area contributed by atoms with Crippen molar-refractivity contribution < 1.29 is 4.79 Å². The predicted octanol–water partition coefficient (Wildman–Crippen LogP) is 3.21. The number of carbonyl (C=O) groups is 1. The third-order valence-corrected chi connectivity index (χ3v) is 3.53. The van der Waals surface area contributed by atoms with Crippen molar-refractivity contribution in [1.82, 2.24) is 9.97 Å². The predicted molar refractivity (Wildman–Crippen MR) is 94.9 cm³/mol. The van der Waals surface area contributed by atoms with E-state index in [1.807, 2.05) is 18.2 Å². The molecule has 0 radical (unpaired) electrons. The standard InChI is InChI=1S/C19H15N5O/c20-12-15-3-1-2-4-17(15)24-19(25)18-11-16(7-10-22-18)23-13-14-5-8-21-9-6-14/h1-11H,13H2,(H,22,23)(H,24,25). The van der Waals surface area contributed by atoms with Crippen LogP contribution in [0.2, 0.25) is 0 Å². The van der Waals surface area contributed by atoms with Crippen LogP contribution < -0.4 is 10.6 Å². The Morgan fingerprint density at radius 1 is 1.08 bits per heavy atom. The largest absolute Gasteiger partial charge is 0.381 e. The van der Waals surface area contributed by atoms with E-state index in [1.54, 1.807) is 55.0 Å². The summed E-state index contributed by atoms with van der Waals surface area (Å²) in [5.74, 6) is -0.365. The highest BCUT2D eigenvalue weighted by Gasteiger charge is 2.10. The van der Waals surface area contributed by atoms with E-state index in [0.717, 1.165) is 11.3 Å². The van der Waals surface area contributed by atoms with Crippen LogP contribution in [0, 0.1) is 11.3 Å². The van der Waals surface area contributed by atoms with Gasteiger partial charge in [-0.25, -0.2) is 0 Å². The SMILES string of the molecule is N#Cc1ccccc1NC(=O)c1cc(NCc2ccncc2)ccn1. The molecule has 25 heavy (non-hydrogen) atoms. The van der Waals surface area contributed by atoms with Crippen LogP contribution in [-0.2, 0) is 6.54 Å². The average Bonchev–Trinajstić information content (AvgIpc) is 2.68. The monoisotopic (exact) mass is 329 g/mol. The maximum atomic E-state index is 12.4. The molecule has 0 aliphatic rings. The van der Waals surface area contributed by atoms with Gasteiger partial charge in [0, 0.05) is 30.8 Å². The first-order chi connectivity index (χ1) is 12.3. The van der Waals surface area contributed by atoms with Crippen molar-refractivity contribution in [1.29, 1.82) is 5.26 Å². The minimum absolute atomic E-state index is 0.271. The van der Waals surface area contributed by atoms with Gasteiger partial charge in [0.1, 0.15) is 11.8 Å². The van der Waals surface area contributed by atoms with Gasteiger partial charge in [-0.1, -0.05) is 12.1 Å². The first-order valence-corrected chi connectivity index (χ1v) is 7.65. The van der Waals surface area contributed by atoms with Crippen LogP contribution in [0.5, 0.6) is 0 Å². The molecule has 6 nitrogen and oxygen atoms in total. The number of hydrogen-bond acceptors (Lipinski definition) is 5. The number of pyridine rings is 2. The molecule has 0 saturated carbocycles. The molecular weight excluding hydrogens is 314 g/mol. The van der Waals surface area contributed by atoms with Crippen LogP contribution in [0.1, 0.15) is 21.6 Å². The zero-order valence-corrected chi connectivity index (χ0v) is 13.3. The Kier molecular flexibility index (Phi) is 4.98. The Balaban J connectivity index is 1.70. The molecule has 0 bridgehead atoms. The second-order valence-electron chi connectivity index (χ2n) is 5.25. The Morgan fingerprint density at radius 3 is 2.68 bits per heavy atom. The van der Waals surface area contributed by atoms with Gasteiger partial charge >= 0.3 is 0 Å². The summed E-state index contributed by atoms with van der Waals surface area (Å²) in [7, 11) is 0. The molecular formula is C19H15N5O. The highest BCUT2D eigenvalue weighted by Crippen LogP contribution is 2.16. The van der Waals surface area contributed by atoms with Crippen molar-refractivity contribution in [3.63, 3.8) is 0 Å². The molecule has 6 heteroatoms. The number of hydrogen-bond donors (Lipinski definition) is 2. The lowest BCUT2D eigenvalue weighted by molar-refractivity contribution is 0.102. The zero-order valence-electron chi connectivity index (χ0n) is 13.3. The first kappa shape index (κ1) is 16.1. The van der Waals surface area contributed by atoms with Gasteiger partial charge in [0.15, 0.2) is 0 Å². The summed E-state index contributed by atoms with van der Waals surface area (Å²) in [5, 5.41) is 15.1. The number of nitrogens with one attached hydrogen (secondary N) is 2. The van der Waals surface area contributed by atoms with E-state index in [4.69, 9.17) is 5.26 Å². The van der Waals surface area contributed by atoms with Gasteiger partial charge in [0.2, 0.25) is 0 Å². The lowest BCUT2D eigenvalue weighted by Gasteiger charge is -2.09. The lowest BCUT2D eigenvalue weighted by atomic mass is 10.2. The molecule has 0 fully saturated rings. The van der Waals surface area contributed by atoms with Gasteiger partial charge < -0.3 is 10.6 Å². The number of rotatable bonds is 5. The number of para-hydroxylation sites is 1. The van der Waals surface area contributed by atoms with E-state index in [2.05, 4.69) is 20.6 Å². The van der Waals surface area contributed by atoms with Crippen molar-refractivity contribution in [2.45, 2.75) is 6.54 Å². The molecule has 3 rings (SSSR count). The number of nitriles is 1. The minimum Gasteiger partial charge on any atom is -0.381 e. The Hall–Kier alpha value is -3.72. The topological polar surface area (TPSA) is 90.7 Å². The van der Waals surface area contributed by atoms with Gasteiger partial charge in [-0.2, -0.15) is 5.26 Å². The highest BCUT2D eigenvalue weighted by atomic mass is 16.1. The fourth-order valence-electron chi connectivity index (χ4n) is 2.25. The molecule has 0 saturated heterocycles. The third-order valence-electron chi connectivity index (χ3n) is 3.53. The first-order valence-electron chi connectivity index (χ1n) is 7.65. The van der Waals surface area contributed by atoms with Gasteiger partial charge in [-0.05, 0) is 42.0 Å². The second kappa shape index (κ2) is 7.70. The maximum Gasteiger partial charge on any atom is 0.274 e. The Labute approximate surface area is 145 Å². The average molecular weight is 329 g/mol. The Morgan fingerprint density at radius 2 is 1.88 bits per heavy atom. The van der Waals surface area contributed by atoms with Crippen molar-refractivity contribution in [3.05, 3.63) is 83.9 Å². The van der Waals surface area contributed by atoms with Crippen LogP contribution in [0.4, 0.5) is 11.4 Å². The van der Waals surface area contributed by atoms with Crippen LogP contribution in [0.3, 0.4) is 0 Å². The second-order valence-corrected chi connectivity index (χ2v) is 5.25. The van der Waals surface area contributed by atoms with E-state index in [9.17, 15) is 4.79 Å². The molecule has 0 spiro atoms. The zero-order chi connectivity index (χ0) is 17.5. The van der Waals surface area contributed by atoms with Crippen molar-refractivity contribution >= 4 is 17.3 Å². The summed E-state index contributed by atoms with van der Waals surface area (Å²) < 4.78 is 0. The summed E-state index contributed by atoms with van der Waals surface area (Å²) in [5.41, 5.74) is 3.01. The van der Waals surface area contributed by atoms with Gasteiger partial charge in [0.25, 0.3) is 5.91 Å². The molecule has 1 amide bonds. The Bertz CT molecular complexity index is 918. The van der Waals surface area contributed by atoms with Crippen molar-refractivity contribution in [2.24, 2.45) is 0 Å². The third kappa shape index (κ3) is 4.18. The van der Waals surface area contributed by atoms with Crippen molar-refractivity contribution in [3.8, 4) is 6.07 Å². The van der Waals surface area contributed by atoms with Crippen LogP contribution in [0.25, 0.3) is 0 Å². The molecule has 0 atom stereocenters. The van der Waals surface area contributed by atoms with E-state index in [1.165, 1.54) is 0 Å². The summed E-state index contributed by atoms with van der Waals surface area (Å²) >= 11 is 0. The van der Waals surface area contributed by atoms with Crippen LogP contribution in [-0.4, -0.2) is 15.9 Å². The number of benzene rings is 1. The molecule has 2 heterocycles. The molecule has 2 aromatic heterocycles. The van der Waals surface area contributed by atoms with Crippen LogP contribution in [0.15, 0.2) is 67.1 Å². The van der Waals surface area contributed by atoms with E-state index >= 15 is 0 Å². The van der Waals surface area contributed by atoms with Crippen LogP contribution >= 0.6 is 0 Å². The van der Waals surface area contributed by atoms with Gasteiger partial charge in [-0.3, -0.25) is 14.8 Å². The summed E-state index contributed by atoms with van der Waals surface area (Å²) in [6.45, 7) is 0.616. The van der Waals surface area contributed by atoms with E-state index in [0.29, 0.717) is 17.8 Å². The molecule has 2 N–H and O–H groups in total. The minimum atomic E-state index is -0.365. The normalized spacial score (nSPS) is 9.88. The summed E-state index contributed by atoms with van der Waals surface area (Å²) in [6, 6.07) is 16.2. The smallest absolute Gasteiger partial charge is 0.274 e. The molecule has 0 aliphatic heterocycles. The summed E-state index contributed by atoms with van der Waals surface area (Å²) in [4.78, 5) is 20.5. The number of anilines is 2. The van der Waals surface area contributed by atoms with Gasteiger partial charge in [-0.15, -0.1) is 0 Å². The lowest BCUT2D eigenvalue weighted by Crippen LogP contribution is -2.15. The quantitative estimate of drug-likeness (QED) is 0.750. The van der Waals surface area contributed by atoms with Crippen molar-refractivity contribution in [2.75, 3.05) is 10.6 Å². The molecule has 1 aromatic carbocycles. The number of aromatic nitrogens is 2. The van der Waals surface area contributed by atoms with E-state index in [-0.39, 0.29) is 11.6 Å². The molecule has 122 valence electrons. The highest BCUT2D eigenvalue weighted by molar-refractivity contribution is 6.04.